The molecule has 0 saturated heterocycles. The van der Waals surface area contributed by atoms with E-state index in [1.54, 1.807) is 55.6 Å². The van der Waals surface area contributed by atoms with Gasteiger partial charge in [0.05, 0.1) is 19.4 Å². The first-order chi connectivity index (χ1) is 17.0. The summed E-state index contributed by atoms with van der Waals surface area (Å²) in [7, 11) is 1.54. The predicted octanol–water partition coefficient (Wildman–Crippen LogP) is 3.26. The number of hydrazine groups is 1. The molecular weight excluding hydrogens is 466 g/mol. The monoisotopic (exact) mass is 489 g/mol. The number of phenols is 1. The van der Waals surface area contributed by atoms with Crippen LogP contribution in [0.4, 0.5) is 0 Å². The van der Waals surface area contributed by atoms with Gasteiger partial charge in [-0.15, -0.1) is 10.2 Å². The van der Waals surface area contributed by atoms with Crippen molar-refractivity contribution in [1.29, 1.82) is 0 Å². The van der Waals surface area contributed by atoms with Crippen LogP contribution in [0.5, 0.6) is 11.5 Å². The lowest BCUT2D eigenvalue weighted by Gasteiger charge is -2.11. The number of carbonyl (C=O) groups excluding carboxylic acids is 2. The average molecular weight is 490 g/mol. The normalized spacial score (nSPS) is 10.5. The summed E-state index contributed by atoms with van der Waals surface area (Å²) in [5, 5.41) is 18.8. The molecule has 0 unspecified atom stereocenters. The minimum Gasteiger partial charge on any atom is -0.508 e. The van der Waals surface area contributed by atoms with Gasteiger partial charge < -0.3 is 9.84 Å². The van der Waals surface area contributed by atoms with Crippen LogP contribution in [-0.2, 0) is 11.3 Å². The number of hydrogen-bond donors (Lipinski definition) is 3. The number of ether oxygens (including phenoxy) is 1. The van der Waals surface area contributed by atoms with Crippen LogP contribution >= 0.6 is 11.8 Å². The molecule has 178 valence electrons. The summed E-state index contributed by atoms with van der Waals surface area (Å²) in [5.41, 5.74) is 7.04. The van der Waals surface area contributed by atoms with Crippen LogP contribution in [0, 0.1) is 0 Å². The second-order valence-electron chi connectivity index (χ2n) is 7.44. The van der Waals surface area contributed by atoms with Crippen LogP contribution in [0.25, 0.3) is 11.4 Å². The van der Waals surface area contributed by atoms with Crippen LogP contribution in [0.15, 0.2) is 84.0 Å². The lowest BCUT2D eigenvalue weighted by molar-refractivity contribution is -0.119. The molecule has 1 aromatic heterocycles. The van der Waals surface area contributed by atoms with Crippen LogP contribution < -0.4 is 15.6 Å². The summed E-state index contributed by atoms with van der Waals surface area (Å²) in [5.74, 6) is 0.597. The van der Waals surface area contributed by atoms with Gasteiger partial charge in [0.1, 0.15) is 11.5 Å². The number of carbonyl (C=O) groups is 2. The Morgan fingerprint density at radius 1 is 0.943 bits per heavy atom. The molecule has 0 spiro atoms. The van der Waals surface area contributed by atoms with Crippen LogP contribution in [-0.4, -0.2) is 44.5 Å². The highest BCUT2D eigenvalue weighted by molar-refractivity contribution is 7.99. The maximum absolute atomic E-state index is 12.4. The van der Waals surface area contributed by atoms with Gasteiger partial charge >= 0.3 is 0 Å². The number of rotatable bonds is 8. The van der Waals surface area contributed by atoms with E-state index in [9.17, 15) is 14.7 Å². The van der Waals surface area contributed by atoms with E-state index < -0.39 is 11.8 Å². The fourth-order valence-electron chi connectivity index (χ4n) is 3.24. The summed E-state index contributed by atoms with van der Waals surface area (Å²) in [6.45, 7) is 0.502. The summed E-state index contributed by atoms with van der Waals surface area (Å²) in [4.78, 5) is 24.6. The first-order valence-electron chi connectivity index (χ1n) is 10.7. The molecule has 0 atom stereocenters. The molecule has 0 aliphatic rings. The quantitative estimate of drug-likeness (QED) is 0.257. The third-order valence-electron chi connectivity index (χ3n) is 5.03. The van der Waals surface area contributed by atoms with Crippen molar-refractivity contribution in [2.45, 2.75) is 11.7 Å². The van der Waals surface area contributed by atoms with Crippen molar-refractivity contribution < 1.29 is 19.4 Å². The molecule has 35 heavy (non-hydrogen) atoms. The van der Waals surface area contributed by atoms with Crippen molar-refractivity contribution >= 4 is 23.6 Å². The SMILES string of the molecule is COc1ccc(C(=O)NNC(=O)CSc2nnc(-c3ccc(O)cc3)n2Cc2ccccc2)cc1. The number of methoxy groups -OCH3 is 1. The van der Waals surface area contributed by atoms with Crippen molar-refractivity contribution in [3.05, 3.63) is 90.0 Å². The number of hydrogen-bond acceptors (Lipinski definition) is 7. The zero-order chi connectivity index (χ0) is 24.6. The third kappa shape index (κ3) is 6.18. The maximum atomic E-state index is 12.4. The molecule has 0 saturated carbocycles. The number of phenolic OH excluding ortho intramolecular Hbond substituents is 1. The number of benzene rings is 3. The molecule has 0 fully saturated rings. The van der Waals surface area contributed by atoms with Crippen molar-refractivity contribution in [2.75, 3.05) is 12.9 Å². The van der Waals surface area contributed by atoms with Crippen molar-refractivity contribution in [3.63, 3.8) is 0 Å². The van der Waals surface area contributed by atoms with Gasteiger partial charge in [-0.2, -0.15) is 0 Å². The van der Waals surface area contributed by atoms with E-state index >= 15 is 0 Å². The highest BCUT2D eigenvalue weighted by Crippen LogP contribution is 2.26. The largest absolute Gasteiger partial charge is 0.508 e. The summed E-state index contributed by atoms with van der Waals surface area (Å²) < 4.78 is 6.99. The molecule has 0 bridgehead atoms. The molecule has 4 aromatic rings. The fraction of sp³-hybridized carbons (Fsp3) is 0.120. The van der Waals surface area contributed by atoms with E-state index in [0.29, 0.717) is 28.8 Å². The number of aromatic nitrogens is 3. The van der Waals surface area contributed by atoms with Crippen molar-refractivity contribution in [1.82, 2.24) is 25.6 Å². The van der Waals surface area contributed by atoms with Crippen LogP contribution in [0.1, 0.15) is 15.9 Å². The minimum absolute atomic E-state index is 0.0192. The standard InChI is InChI=1S/C25H23N5O4S/c1-34-21-13-9-19(10-14-21)24(33)28-26-22(32)16-35-25-29-27-23(18-7-11-20(31)12-8-18)30(25)15-17-5-3-2-4-6-17/h2-14,31H,15-16H2,1H3,(H,26,32)(H,28,33). The molecule has 0 aliphatic heterocycles. The predicted molar refractivity (Wildman–Crippen MR) is 132 cm³/mol. The van der Waals surface area contributed by atoms with Gasteiger partial charge in [-0.3, -0.25) is 25.0 Å². The summed E-state index contributed by atoms with van der Waals surface area (Å²) in [6.07, 6.45) is 0. The topological polar surface area (TPSA) is 118 Å². The van der Waals surface area contributed by atoms with Crippen LogP contribution in [0.3, 0.4) is 0 Å². The molecule has 9 nitrogen and oxygen atoms in total. The van der Waals surface area contributed by atoms with Crippen LogP contribution in [0.2, 0.25) is 0 Å². The molecule has 0 aliphatic carbocycles. The van der Waals surface area contributed by atoms with Gasteiger partial charge in [0, 0.05) is 11.1 Å². The van der Waals surface area contributed by atoms with Gasteiger partial charge in [-0.1, -0.05) is 42.1 Å². The Bertz CT molecular complexity index is 1290. The first-order valence-corrected chi connectivity index (χ1v) is 11.6. The maximum Gasteiger partial charge on any atom is 0.269 e. The highest BCUT2D eigenvalue weighted by Gasteiger charge is 2.17. The van der Waals surface area contributed by atoms with E-state index in [0.717, 1.165) is 11.1 Å². The molecule has 4 rings (SSSR count). The van der Waals surface area contributed by atoms with Gasteiger partial charge in [-0.05, 0) is 54.1 Å². The Kier molecular flexibility index (Phi) is 7.63. The number of nitrogens with one attached hydrogen (secondary N) is 2. The Morgan fingerprint density at radius 3 is 2.34 bits per heavy atom. The molecule has 0 radical (unpaired) electrons. The van der Waals surface area contributed by atoms with E-state index in [1.165, 1.54) is 11.8 Å². The van der Waals surface area contributed by atoms with Gasteiger partial charge in [0.2, 0.25) is 5.91 Å². The highest BCUT2D eigenvalue weighted by atomic mass is 32.2. The Balaban J connectivity index is 1.42. The first kappa shape index (κ1) is 23.8. The second-order valence-corrected chi connectivity index (χ2v) is 8.39. The van der Waals surface area contributed by atoms with E-state index in [1.807, 2.05) is 34.9 Å². The average Bonchev–Trinajstić information content (AvgIpc) is 3.29. The molecular formula is C25H23N5O4S. The number of thioether (sulfide) groups is 1. The van der Waals surface area contributed by atoms with Crippen molar-refractivity contribution in [2.24, 2.45) is 0 Å². The van der Waals surface area contributed by atoms with Crippen molar-refractivity contribution in [3.8, 4) is 22.9 Å². The lowest BCUT2D eigenvalue weighted by atomic mass is 10.2. The van der Waals surface area contributed by atoms with Gasteiger partial charge in [-0.25, -0.2) is 0 Å². The summed E-state index contributed by atoms with van der Waals surface area (Å²) >= 11 is 1.21. The number of amides is 2. The molecule has 2 amide bonds. The van der Waals surface area contributed by atoms with E-state index in [-0.39, 0.29) is 11.5 Å². The van der Waals surface area contributed by atoms with Gasteiger partial charge in [0.25, 0.3) is 5.91 Å². The molecule has 3 aromatic carbocycles. The van der Waals surface area contributed by atoms with Gasteiger partial charge in [0.15, 0.2) is 11.0 Å². The molecule has 1 heterocycles. The molecule has 10 heteroatoms. The zero-order valence-corrected chi connectivity index (χ0v) is 19.7. The summed E-state index contributed by atoms with van der Waals surface area (Å²) in [6, 6.07) is 23.1. The Morgan fingerprint density at radius 2 is 1.66 bits per heavy atom. The fourth-order valence-corrected chi connectivity index (χ4v) is 3.97. The molecule has 3 N–H and O–H groups in total. The number of aromatic hydroxyl groups is 1. The van der Waals surface area contributed by atoms with E-state index in [2.05, 4.69) is 21.0 Å². The Hall–Kier alpha value is -4.31. The zero-order valence-electron chi connectivity index (χ0n) is 18.8. The third-order valence-corrected chi connectivity index (χ3v) is 5.99. The lowest BCUT2D eigenvalue weighted by Crippen LogP contribution is -2.42. The number of nitrogens with zero attached hydrogens (tertiary/aromatic N) is 3. The minimum atomic E-state index is -0.437. The smallest absolute Gasteiger partial charge is 0.269 e. The second kappa shape index (κ2) is 11.2. The Labute approximate surface area is 206 Å². The van der Waals surface area contributed by atoms with E-state index in [4.69, 9.17) is 4.74 Å².